The lowest BCUT2D eigenvalue weighted by Gasteiger charge is -2.22. The van der Waals surface area contributed by atoms with E-state index in [1.807, 2.05) is 0 Å². The smallest absolute Gasteiger partial charge is 0.235 e. The zero-order valence-corrected chi connectivity index (χ0v) is 9.07. The van der Waals surface area contributed by atoms with Crippen LogP contribution in [-0.2, 0) is 16.1 Å². The van der Waals surface area contributed by atoms with Gasteiger partial charge in [-0.3, -0.25) is 19.9 Å². The van der Waals surface area contributed by atoms with Crippen molar-refractivity contribution in [2.75, 3.05) is 0 Å². The van der Waals surface area contributed by atoms with E-state index in [2.05, 4.69) is 10.3 Å². The molecule has 0 spiro atoms. The molecule has 5 nitrogen and oxygen atoms in total. The lowest BCUT2D eigenvalue weighted by Crippen LogP contribution is -2.40. The maximum Gasteiger partial charge on any atom is 0.235 e. The molecule has 0 aliphatic carbocycles. The Hall–Kier alpha value is -1.82. The first-order chi connectivity index (χ1) is 8.13. The van der Waals surface area contributed by atoms with Crippen LogP contribution >= 0.6 is 0 Å². The number of nitrogens with one attached hydrogen (secondary N) is 1. The maximum atomic E-state index is 13.5. The van der Waals surface area contributed by atoms with Gasteiger partial charge < -0.3 is 5.73 Å². The molecule has 17 heavy (non-hydrogen) atoms. The van der Waals surface area contributed by atoms with Crippen molar-refractivity contribution in [1.29, 1.82) is 0 Å². The highest BCUT2D eigenvalue weighted by Crippen LogP contribution is 2.26. The third kappa shape index (κ3) is 2.16. The average molecular weight is 237 g/mol. The molecule has 0 radical (unpaired) electrons. The monoisotopic (exact) mass is 237 g/mol. The second kappa shape index (κ2) is 4.58. The van der Waals surface area contributed by atoms with Crippen LogP contribution in [0, 0.1) is 5.82 Å². The van der Waals surface area contributed by atoms with E-state index in [0.717, 1.165) is 0 Å². The highest BCUT2D eigenvalue weighted by atomic mass is 19.1. The molecule has 2 heterocycles. The number of nitrogens with two attached hydrogens (primary N) is 1. The summed E-state index contributed by atoms with van der Waals surface area (Å²) in [5, 5.41) is 2.22. The number of amides is 2. The van der Waals surface area contributed by atoms with Crippen molar-refractivity contribution in [3.05, 3.63) is 29.3 Å². The van der Waals surface area contributed by atoms with E-state index in [9.17, 15) is 14.0 Å². The van der Waals surface area contributed by atoms with Crippen LogP contribution in [0.15, 0.2) is 12.3 Å². The van der Waals surface area contributed by atoms with Gasteiger partial charge >= 0.3 is 0 Å². The quantitative estimate of drug-likeness (QED) is 0.719. The molecule has 0 aromatic carbocycles. The fourth-order valence-corrected chi connectivity index (χ4v) is 1.94. The minimum absolute atomic E-state index is 0.0211. The zero-order chi connectivity index (χ0) is 12.4. The Kier molecular flexibility index (Phi) is 3.14. The number of piperidine rings is 1. The van der Waals surface area contributed by atoms with Crippen molar-refractivity contribution in [3.63, 3.8) is 0 Å². The van der Waals surface area contributed by atoms with Gasteiger partial charge in [0, 0.05) is 24.7 Å². The summed E-state index contributed by atoms with van der Waals surface area (Å²) in [7, 11) is 0. The van der Waals surface area contributed by atoms with E-state index in [1.165, 1.54) is 12.3 Å². The molecule has 1 aromatic heterocycles. The molecular formula is C11H12FN3O2. The SMILES string of the molecule is NCc1c(F)ccnc1C1CCC(=O)NC1=O. The first-order valence-corrected chi connectivity index (χ1v) is 5.30. The molecule has 1 unspecified atom stereocenters. The van der Waals surface area contributed by atoms with E-state index >= 15 is 0 Å². The van der Waals surface area contributed by atoms with Gasteiger partial charge in [0.15, 0.2) is 0 Å². The number of carbonyl (C=O) groups is 2. The summed E-state index contributed by atoms with van der Waals surface area (Å²) in [5.74, 6) is -1.81. The van der Waals surface area contributed by atoms with Crippen LogP contribution in [0.2, 0.25) is 0 Å². The first kappa shape index (κ1) is 11.7. The van der Waals surface area contributed by atoms with Gasteiger partial charge in [0.1, 0.15) is 5.82 Å². The number of rotatable bonds is 2. The van der Waals surface area contributed by atoms with Crippen molar-refractivity contribution in [1.82, 2.24) is 10.3 Å². The van der Waals surface area contributed by atoms with E-state index < -0.39 is 17.6 Å². The summed E-state index contributed by atoms with van der Waals surface area (Å²) >= 11 is 0. The van der Waals surface area contributed by atoms with Gasteiger partial charge in [-0.2, -0.15) is 0 Å². The van der Waals surface area contributed by atoms with E-state index in [1.54, 1.807) is 0 Å². The Balaban J connectivity index is 2.37. The Labute approximate surface area is 97.2 Å². The average Bonchev–Trinajstić information content (AvgIpc) is 2.29. The van der Waals surface area contributed by atoms with E-state index in [4.69, 9.17) is 5.73 Å². The summed E-state index contributed by atoms with van der Waals surface area (Å²) in [6.07, 6.45) is 1.88. The van der Waals surface area contributed by atoms with Gasteiger partial charge in [-0.25, -0.2) is 4.39 Å². The third-order valence-electron chi connectivity index (χ3n) is 2.81. The fraction of sp³-hybridized carbons (Fsp3) is 0.364. The van der Waals surface area contributed by atoms with Crippen LogP contribution in [0.4, 0.5) is 4.39 Å². The number of halogens is 1. The molecule has 1 aliphatic heterocycles. The molecule has 1 atom stereocenters. The Morgan fingerprint density at radius 3 is 2.94 bits per heavy atom. The van der Waals surface area contributed by atoms with Gasteiger partial charge in [-0.05, 0) is 12.5 Å². The molecular weight excluding hydrogens is 225 g/mol. The van der Waals surface area contributed by atoms with Crippen LogP contribution in [0.25, 0.3) is 0 Å². The molecule has 90 valence electrons. The summed E-state index contributed by atoms with van der Waals surface area (Å²) in [6, 6.07) is 1.21. The van der Waals surface area contributed by atoms with Crippen LogP contribution in [0.5, 0.6) is 0 Å². The van der Waals surface area contributed by atoms with Crippen molar-refractivity contribution in [3.8, 4) is 0 Å². The molecule has 2 rings (SSSR count). The number of aromatic nitrogens is 1. The summed E-state index contributed by atoms with van der Waals surface area (Å²) in [6.45, 7) is -0.0211. The molecule has 1 aromatic rings. The lowest BCUT2D eigenvalue weighted by atomic mass is 9.91. The van der Waals surface area contributed by atoms with Crippen LogP contribution in [0.1, 0.15) is 30.0 Å². The molecule has 3 N–H and O–H groups in total. The topological polar surface area (TPSA) is 85.1 Å². The molecule has 1 saturated heterocycles. The van der Waals surface area contributed by atoms with Crippen LogP contribution in [0.3, 0.4) is 0 Å². The van der Waals surface area contributed by atoms with E-state index in [0.29, 0.717) is 12.1 Å². The third-order valence-corrected chi connectivity index (χ3v) is 2.81. The minimum Gasteiger partial charge on any atom is -0.326 e. The standard InChI is InChI=1S/C11H12FN3O2/c12-8-3-4-14-10(7(8)5-13)6-1-2-9(16)15-11(6)17/h3-4,6H,1-2,5,13H2,(H,15,16,17). The van der Waals surface area contributed by atoms with Crippen LogP contribution in [-0.4, -0.2) is 16.8 Å². The van der Waals surface area contributed by atoms with Gasteiger partial charge in [0.05, 0.1) is 11.6 Å². The van der Waals surface area contributed by atoms with Crippen molar-refractivity contribution >= 4 is 11.8 Å². The number of carbonyl (C=O) groups excluding carboxylic acids is 2. The number of hydrogen-bond donors (Lipinski definition) is 2. The summed E-state index contributed by atoms with van der Waals surface area (Å²) < 4.78 is 13.5. The molecule has 1 aliphatic rings. The van der Waals surface area contributed by atoms with Gasteiger partial charge in [-0.15, -0.1) is 0 Å². The number of nitrogens with zero attached hydrogens (tertiary/aromatic N) is 1. The van der Waals surface area contributed by atoms with Gasteiger partial charge in [-0.1, -0.05) is 0 Å². The Morgan fingerprint density at radius 1 is 1.53 bits per heavy atom. The summed E-state index contributed by atoms with van der Waals surface area (Å²) in [4.78, 5) is 26.7. The number of pyridine rings is 1. The van der Waals surface area contributed by atoms with Gasteiger partial charge in [0.25, 0.3) is 0 Å². The second-order valence-electron chi connectivity index (χ2n) is 3.86. The number of hydrogen-bond acceptors (Lipinski definition) is 4. The maximum absolute atomic E-state index is 13.5. The molecule has 0 bridgehead atoms. The second-order valence-corrected chi connectivity index (χ2v) is 3.86. The Bertz CT molecular complexity index is 476. The van der Waals surface area contributed by atoms with Crippen molar-refractivity contribution in [2.45, 2.75) is 25.3 Å². The molecule has 6 heteroatoms. The van der Waals surface area contributed by atoms with Gasteiger partial charge in [0.2, 0.25) is 11.8 Å². The first-order valence-electron chi connectivity index (χ1n) is 5.30. The zero-order valence-electron chi connectivity index (χ0n) is 9.07. The van der Waals surface area contributed by atoms with Crippen molar-refractivity contribution in [2.24, 2.45) is 5.73 Å². The van der Waals surface area contributed by atoms with Crippen molar-refractivity contribution < 1.29 is 14.0 Å². The predicted octanol–water partition coefficient (Wildman–Crippen LogP) is 0.200. The van der Waals surface area contributed by atoms with E-state index in [-0.39, 0.29) is 24.4 Å². The molecule has 0 saturated carbocycles. The molecule has 1 fully saturated rings. The lowest BCUT2D eigenvalue weighted by molar-refractivity contribution is -0.134. The normalized spacial score (nSPS) is 20.2. The summed E-state index contributed by atoms with van der Waals surface area (Å²) in [5.41, 5.74) is 6.02. The van der Waals surface area contributed by atoms with Crippen LogP contribution < -0.4 is 11.1 Å². The predicted molar refractivity (Wildman–Crippen MR) is 57.2 cm³/mol. The Morgan fingerprint density at radius 2 is 2.29 bits per heavy atom. The highest BCUT2D eigenvalue weighted by Gasteiger charge is 2.31. The number of imide groups is 1. The fourth-order valence-electron chi connectivity index (χ4n) is 1.94. The largest absolute Gasteiger partial charge is 0.326 e. The minimum atomic E-state index is -0.595. The molecule has 2 amide bonds. The highest BCUT2D eigenvalue weighted by molar-refractivity contribution is 6.00.